The third-order valence-corrected chi connectivity index (χ3v) is 4.96. The molecule has 1 atom stereocenters. The van der Waals surface area contributed by atoms with E-state index in [0.717, 1.165) is 30.8 Å². The Morgan fingerprint density at radius 2 is 1.88 bits per heavy atom. The van der Waals surface area contributed by atoms with Crippen LogP contribution in [0.25, 0.3) is 0 Å². The van der Waals surface area contributed by atoms with Crippen molar-refractivity contribution in [2.75, 3.05) is 11.5 Å². The van der Waals surface area contributed by atoms with Gasteiger partial charge in [0.05, 0.1) is 5.92 Å². The van der Waals surface area contributed by atoms with Gasteiger partial charge in [-0.25, -0.2) is 0 Å². The largest absolute Gasteiger partial charge is 0.458 e. The van der Waals surface area contributed by atoms with E-state index in [-0.39, 0.29) is 22.9 Å². The first-order chi connectivity index (χ1) is 7.82. The molecule has 0 spiro atoms. The first kappa shape index (κ1) is 14.9. The molecule has 1 rings (SSSR count). The smallest absolute Gasteiger partial charge is 0.309 e. The van der Waals surface area contributed by atoms with Crippen molar-refractivity contribution in [2.24, 2.45) is 11.3 Å². The van der Waals surface area contributed by atoms with E-state index in [9.17, 15) is 4.79 Å². The van der Waals surface area contributed by atoms with Crippen LogP contribution in [0.4, 0.5) is 0 Å². The second-order valence-electron chi connectivity index (χ2n) is 6.09. The molecule has 0 saturated carbocycles. The van der Waals surface area contributed by atoms with Crippen molar-refractivity contribution in [1.29, 1.82) is 0 Å². The van der Waals surface area contributed by atoms with Gasteiger partial charge in [-0.1, -0.05) is 34.6 Å². The average Bonchev–Trinajstić information content (AvgIpc) is 2.27. The lowest BCUT2D eigenvalue weighted by molar-refractivity contribution is -0.179. The van der Waals surface area contributed by atoms with Crippen LogP contribution in [0, 0.1) is 11.3 Å². The Morgan fingerprint density at radius 1 is 1.35 bits per heavy atom. The summed E-state index contributed by atoms with van der Waals surface area (Å²) >= 11 is 1.96. The van der Waals surface area contributed by atoms with Crippen LogP contribution in [0.5, 0.6) is 0 Å². The Labute approximate surface area is 110 Å². The predicted octanol–water partition coefficient (Wildman–Crippen LogP) is 3.89. The summed E-state index contributed by atoms with van der Waals surface area (Å²) in [5.74, 6) is 2.20. The Balaban J connectivity index is 2.81. The molecule has 0 aromatic rings. The van der Waals surface area contributed by atoms with Crippen molar-refractivity contribution in [3.8, 4) is 0 Å². The highest BCUT2D eigenvalue weighted by atomic mass is 32.2. The van der Waals surface area contributed by atoms with E-state index in [1.807, 2.05) is 25.6 Å². The molecule has 1 aliphatic rings. The van der Waals surface area contributed by atoms with E-state index in [2.05, 4.69) is 20.8 Å². The van der Waals surface area contributed by atoms with Gasteiger partial charge in [0.15, 0.2) is 0 Å². The van der Waals surface area contributed by atoms with Crippen LogP contribution in [-0.4, -0.2) is 23.1 Å². The monoisotopic (exact) mass is 258 g/mol. The van der Waals surface area contributed by atoms with Crippen LogP contribution < -0.4 is 0 Å². The van der Waals surface area contributed by atoms with Crippen molar-refractivity contribution < 1.29 is 9.53 Å². The minimum Gasteiger partial charge on any atom is -0.458 e. The van der Waals surface area contributed by atoms with Gasteiger partial charge >= 0.3 is 5.97 Å². The molecule has 2 nitrogen and oxygen atoms in total. The molecule has 0 aliphatic carbocycles. The maximum absolute atomic E-state index is 12.1. The van der Waals surface area contributed by atoms with Crippen molar-refractivity contribution in [3.63, 3.8) is 0 Å². The third-order valence-electron chi connectivity index (χ3n) is 3.98. The number of rotatable bonds is 3. The Kier molecular flexibility index (Phi) is 4.94. The highest BCUT2D eigenvalue weighted by molar-refractivity contribution is 7.99. The number of thioether (sulfide) groups is 1. The molecule has 0 bridgehead atoms. The summed E-state index contributed by atoms with van der Waals surface area (Å²) in [4.78, 5) is 12.1. The van der Waals surface area contributed by atoms with Gasteiger partial charge in [0.1, 0.15) is 5.60 Å². The predicted molar refractivity (Wildman–Crippen MR) is 74.3 cm³/mol. The number of carbonyl (C=O) groups excluding carboxylic acids is 1. The van der Waals surface area contributed by atoms with Gasteiger partial charge in [-0.15, -0.1) is 0 Å². The molecule has 1 fully saturated rings. The molecule has 17 heavy (non-hydrogen) atoms. The van der Waals surface area contributed by atoms with Crippen molar-refractivity contribution in [3.05, 3.63) is 0 Å². The van der Waals surface area contributed by atoms with E-state index in [1.165, 1.54) is 0 Å². The number of carbonyl (C=O) groups is 1. The van der Waals surface area contributed by atoms with Gasteiger partial charge in [0.2, 0.25) is 0 Å². The van der Waals surface area contributed by atoms with Gasteiger partial charge in [-0.3, -0.25) is 4.79 Å². The van der Waals surface area contributed by atoms with Crippen LogP contribution in [0.15, 0.2) is 0 Å². The van der Waals surface area contributed by atoms with E-state index in [0.29, 0.717) is 0 Å². The highest BCUT2D eigenvalue weighted by Crippen LogP contribution is 2.44. The summed E-state index contributed by atoms with van der Waals surface area (Å²) in [7, 11) is 0. The molecule has 1 heterocycles. The van der Waals surface area contributed by atoms with E-state index < -0.39 is 0 Å². The third kappa shape index (κ3) is 3.40. The zero-order chi connectivity index (χ0) is 13.1. The molecule has 0 aromatic heterocycles. The number of hydrogen-bond acceptors (Lipinski definition) is 3. The summed E-state index contributed by atoms with van der Waals surface area (Å²) in [6.45, 7) is 10.6. The van der Waals surface area contributed by atoms with E-state index in [1.54, 1.807) is 0 Å². The molecule has 0 aromatic carbocycles. The Morgan fingerprint density at radius 3 is 2.29 bits per heavy atom. The van der Waals surface area contributed by atoms with Crippen LogP contribution in [0.3, 0.4) is 0 Å². The minimum atomic E-state index is -0.251. The standard InChI is InChI=1S/C14H26O2S/c1-6-11(2)12(15)16-14(13(3,4)5)7-9-17-10-8-14/h11H,6-10H2,1-5H3. The normalized spacial score (nSPS) is 21.9. The first-order valence-electron chi connectivity index (χ1n) is 6.63. The second kappa shape index (κ2) is 5.64. The molecule has 0 N–H and O–H groups in total. The van der Waals surface area contributed by atoms with Gasteiger partial charge in [0, 0.05) is 5.41 Å². The minimum absolute atomic E-state index is 0.0174. The van der Waals surface area contributed by atoms with Crippen LogP contribution in [-0.2, 0) is 9.53 Å². The van der Waals surface area contributed by atoms with Gasteiger partial charge in [0.25, 0.3) is 0 Å². The molecule has 3 heteroatoms. The van der Waals surface area contributed by atoms with Crippen LogP contribution in [0.2, 0.25) is 0 Å². The van der Waals surface area contributed by atoms with Gasteiger partial charge in [-0.05, 0) is 30.8 Å². The van der Waals surface area contributed by atoms with Crippen LogP contribution in [0.1, 0.15) is 53.9 Å². The fourth-order valence-electron chi connectivity index (χ4n) is 2.17. The highest BCUT2D eigenvalue weighted by Gasteiger charge is 2.46. The first-order valence-corrected chi connectivity index (χ1v) is 7.78. The molecule has 1 saturated heterocycles. The lowest BCUT2D eigenvalue weighted by atomic mass is 9.72. The molecule has 1 aliphatic heterocycles. The molecular weight excluding hydrogens is 232 g/mol. The summed E-state index contributed by atoms with van der Waals surface area (Å²) in [5.41, 5.74) is -0.226. The SMILES string of the molecule is CCC(C)C(=O)OC1(C(C)(C)C)CCSCC1. The van der Waals surface area contributed by atoms with Gasteiger partial charge in [-0.2, -0.15) is 11.8 Å². The van der Waals surface area contributed by atoms with E-state index in [4.69, 9.17) is 4.74 Å². The summed E-state index contributed by atoms with van der Waals surface area (Å²) < 4.78 is 5.94. The fraction of sp³-hybridized carbons (Fsp3) is 0.929. The van der Waals surface area contributed by atoms with Gasteiger partial charge < -0.3 is 4.74 Å². The quantitative estimate of drug-likeness (QED) is 0.718. The summed E-state index contributed by atoms with van der Waals surface area (Å²) in [5, 5.41) is 0. The van der Waals surface area contributed by atoms with Crippen LogP contribution >= 0.6 is 11.8 Å². The molecule has 0 amide bonds. The molecule has 100 valence electrons. The molecule has 1 unspecified atom stereocenters. The van der Waals surface area contributed by atoms with Crippen molar-refractivity contribution in [2.45, 2.75) is 59.5 Å². The Bertz CT molecular complexity index is 262. The number of esters is 1. The molecular formula is C14H26O2S. The maximum atomic E-state index is 12.1. The van der Waals surface area contributed by atoms with Crippen molar-refractivity contribution in [1.82, 2.24) is 0 Å². The molecule has 0 radical (unpaired) electrons. The maximum Gasteiger partial charge on any atom is 0.309 e. The second-order valence-corrected chi connectivity index (χ2v) is 7.31. The zero-order valence-electron chi connectivity index (χ0n) is 11.8. The number of ether oxygens (including phenoxy) is 1. The zero-order valence-corrected chi connectivity index (χ0v) is 12.7. The summed E-state index contributed by atoms with van der Waals surface area (Å²) in [6.07, 6.45) is 2.83. The van der Waals surface area contributed by atoms with Crippen molar-refractivity contribution >= 4 is 17.7 Å². The lowest BCUT2D eigenvalue weighted by Gasteiger charge is -2.46. The number of hydrogen-bond donors (Lipinski definition) is 0. The summed E-state index contributed by atoms with van der Waals surface area (Å²) in [6, 6.07) is 0. The topological polar surface area (TPSA) is 26.3 Å². The lowest BCUT2D eigenvalue weighted by Crippen LogP contribution is -2.50. The Hall–Kier alpha value is -0.180. The average molecular weight is 258 g/mol. The van der Waals surface area contributed by atoms with E-state index >= 15 is 0 Å². The fourth-order valence-corrected chi connectivity index (χ4v) is 3.32.